The summed E-state index contributed by atoms with van der Waals surface area (Å²) in [5, 5.41) is 21.3. The van der Waals surface area contributed by atoms with Gasteiger partial charge in [0.1, 0.15) is 11.5 Å². The van der Waals surface area contributed by atoms with Crippen LogP contribution in [0.4, 0.5) is 11.6 Å². The minimum atomic E-state index is -1.16. The van der Waals surface area contributed by atoms with Crippen molar-refractivity contribution < 1.29 is 14.6 Å². The van der Waals surface area contributed by atoms with Crippen molar-refractivity contribution in [3.63, 3.8) is 0 Å². The fourth-order valence-corrected chi connectivity index (χ4v) is 4.17. The van der Waals surface area contributed by atoms with Gasteiger partial charge in [-0.05, 0) is 57.7 Å². The molecule has 34 heavy (non-hydrogen) atoms. The molecule has 0 unspecified atom stereocenters. The van der Waals surface area contributed by atoms with Crippen LogP contribution >= 0.6 is 11.6 Å². The van der Waals surface area contributed by atoms with Gasteiger partial charge in [-0.3, -0.25) is 9.48 Å². The van der Waals surface area contributed by atoms with E-state index in [1.54, 1.807) is 24.4 Å². The van der Waals surface area contributed by atoms with Crippen molar-refractivity contribution in [3.05, 3.63) is 47.4 Å². The molecule has 0 aliphatic heterocycles. The molecule has 1 aromatic carbocycles. The fraction of sp³-hybridized carbons (Fsp3) is 0.417. The molecular weight excluding hydrogens is 456 g/mol. The van der Waals surface area contributed by atoms with Gasteiger partial charge in [-0.1, -0.05) is 18.0 Å². The van der Waals surface area contributed by atoms with Crippen molar-refractivity contribution in [2.45, 2.75) is 57.7 Å². The average molecular weight is 485 g/mol. The summed E-state index contributed by atoms with van der Waals surface area (Å²) in [5.74, 6) is 0.418. The van der Waals surface area contributed by atoms with E-state index in [-0.39, 0.29) is 11.9 Å². The molecule has 2 aromatic heterocycles. The Morgan fingerprint density at radius 3 is 2.68 bits per heavy atom. The molecule has 0 radical (unpaired) electrons. The van der Waals surface area contributed by atoms with Crippen LogP contribution in [0.5, 0.6) is 5.75 Å². The molecule has 0 saturated heterocycles. The molecule has 2 heterocycles. The smallest absolute Gasteiger partial charge is 0.253 e. The standard InChI is InChI=1S/C24H29ClN6O3/c1-15(2)31-14-17(12-27-31)21-18(25)13-26-23(29-21)28-19-8-7-16(11-20(19)34-3)22(32)30-24(33)9-5-4-6-10-24/h7-8,11-15,33H,4-6,9-10H2,1-3H3,(H,30,32)(H,26,28,29). The summed E-state index contributed by atoms with van der Waals surface area (Å²) in [4.78, 5) is 21.6. The van der Waals surface area contributed by atoms with Crippen LogP contribution in [0, 0.1) is 0 Å². The Morgan fingerprint density at radius 1 is 1.24 bits per heavy atom. The highest BCUT2D eigenvalue weighted by atomic mass is 35.5. The highest BCUT2D eigenvalue weighted by Gasteiger charge is 2.31. The Kier molecular flexibility index (Phi) is 7.04. The number of halogens is 1. The Morgan fingerprint density at radius 2 is 2.00 bits per heavy atom. The average Bonchev–Trinajstić information content (AvgIpc) is 3.31. The minimum Gasteiger partial charge on any atom is -0.495 e. The van der Waals surface area contributed by atoms with Crippen LogP contribution in [-0.4, -0.2) is 43.6 Å². The molecule has 3 aromatic rings. The lowest BCUT2D eigenvalue weighted by Crippen LogP contribution is -2.49. The zero-order valence-corrected chi connectivity index (χ0v) is 20.3. The Labute approximate surface area is 203 Å². The van der Waals surface area contributed by atoms with Crippen LogP contribution in [0.3, 0.4) is 0 Å². The molecule has 10 heteroatoms. The van der Waals surface area contributed by atoms with E-state index in [1.807, 2.05) is 24.7 Å². The molecule has 1 saturated carbocycles. The van der Waals surface area contributed by atoms with E-state index in [2.05, 4.69) is 25.7 Å². The lowest BCUT2D eigenvalue weighted by Gasteiger charge is -2.32. The Balaban J connectivity index is 1.54. The van der Waals surface area contributed by atoms with E-state index in [1.165, 1.54) is 13.3 Å². The summed E-state index contributed by atoms with van der Waals surface area (Å²) in [6, 6.07) is 5.21. The van der Waals surface area contributed by atoms with Gasteiger partial charge in [0.15, 0.2) is 0 Å². The van der Waals surface area contributed by atoms with Gasteiger partial charge in [-0.15, -0.1) is 0 Å². The summed E-state index contributed by atoms with van der Waals surface area (Å²) in [6.45, 7) is 4.08. The molecule has 180 valence electrons. The number of rotatable bonds is 7. The predicted octanol–water partition coefficient (Wildman–Crippen LogP) is 4.71. The summed E-state index contributed by atoms with van der Waals surface area (Å²) in [5.41, 5.74) is 1.16. The Bertz CT molecular complexity index is 1170. The quantitative estimate of drug-likeness (QED) is 0.416. The fourth-order valence-electron chi connectivity index (χ4n) is 3.97. The van der Waals surface area contributed by atoms with Gasteiger partial charge < -0.3 is 20.5 Å². The van der Waals surface area contributed by atoms with Crippen LogP contribution in [0.25, 0.3) is 11.3 Å². The first-order valence-corrected chi connectivity index (χ1v) is 11.7. The Hall–Kier alpha value is -3.17. The SMILES string of the molecule is COc1cc(C(=O)NC2(O)CCCCC2)ccc1Nc1ncc(Cl)c(-c2cnn(C(C)C)c2)n1. The number of aromatic nitrogens is 4. The number of amides is 1. The molecule has 4 rings (SSSR count). The number of nitrogens with one attached hydrogen (secondary N) is 2. The van der Waals surface area contributed by atoms with Crippen molar-refractivity contribution in [1.29, 1.82) is 0 Å². The molecule has 0 bridgehead atoms. The number of nitrogens with zero attached hydrogens (tertiary/aromatic N) is 4. The van der Waals surface area contributed by atoms with Crippen LogP contribution < -0.4 is 15.4 Å². The van der Waals surface area contributed by atoms with Crippen LogP contribution in [-0.2, 0) is 0 Å². The van der Waals surface area contributed by atoms with E-state index in [4.69, 9.17) is 16.3 Å². The van der Waals surface area contributed by atoms with Crippen molar-refractivity contribution >= 4 is 29.1 Å². The molecule has 3 N–H and O–H groups in total. The van der Waals surface area contributed by atoms with Crippen molar-refractivity contribution in [1.82, 2.24) is 25.1 Å². The van der Waals surface area contributed by atoms with Gasteiger partial charge in [0.2, 0.25) is 5.95 Å². The number of hydrogen-bond donors (Lipinski definition) is 3. The van der Waals surface area contributed by atoms with Gasteiger partial charge in [0.25, 0.3) is 5.91 Å². The van der Waals surface area contributed by atoms with Gasteiger partial charge in [-0.25, -0.2) is 9.97 Å². The molecule has 1 aliphatic carbocycles. The van der Waals surface area contributed by atoms with E-state index < -0.39 is 5.72 Å². The normalized spacial score (nSPS) is 15.2. The summed E-state index contributed by atoms with van der Waals surface area (Å²) >= 11 is 6.35. The third kappa shape index (κ3) is 5.31. The third-order valence-corrected chi connectivity index (χ3v) is 6.16. The number of anilines is 2. The summed E-state index contributed by atoms with van der Waals surface area (Å²) in [6.07, 6.45) is 9.10. The summed E-state index contributed by atoms with van der Waals surface area (Å²) < 4.78 is 7.32. The maximum Gasteiger partial charge on any atom is 0.253 e. The van der Waals surface area contributed by atoms with E-state index in [0.29, 0.717) is 46.5 Å². The second-order valence-electron chi connectivity index (χ2n) is 8.78. The number of methoxy groups -OCH3 is 1. The zero-order chi connectivity index (χ0) is 24.3. The number of ether oxygens (including phenoxy) is 1. The molecule has 1 aliphatic rings. The number of benzene rings is 1. The van der Waals surface area contributed by atoms with Crippen LogP contribution in [0.1, 0.15) is 62.4 Å². The molecule has 0 atom stereocenters. The predicted molar refractivity (Wildman–Crippen MR) is 130 cm³/mol. The molecular formula is C24H29ClN6O3. The number of carbonyl (C=O) groups excluding carboxylic acids is 1. The second-order valence-corrected chi connectivity index (χ2v) is 9.19. The number of hydrogen-bond acceptors (Lipinski definition) is 7. The number of carbonyl (C=O) groups is 1. The maximum absolute atomic E-state index is 12.8. The van der Waals surface area contributed by atoms with Crippen LogP contribution in [0.15, 0.2) is 36.8 Å². The second kappa shape index (κ2) is 9.99. The van der Waals surface area contributed by atoms with Crippen LogP contribution in [0.2, 0.25) is 5.02 Å². The summed E-state index contributed by atoms with van der Waals surface area (Å²) in [7, 11) is 1.52. The van der Waals surface area contributed by atoms with E-state index in [9.17, 15) is 9.90 Å². The molecule has 9 nitrogen and oxygen atoms in total. The molecule has 1 fully saturated rings. The largest absolute Gasteiger partial charge is 0.495 e. The van der Waals surface area contributed by atoms with Crippen molar-refractivity contribution in [3.8, 4) is 17.0 Å². The van der Waals surface area contributed by atoms with E-state index in [0.717, 1.165) is 24.8 Å². The zero-order valence-electron chi connectivity index (χ0n) is 19.5. The number of aliphatic hydroxyl groups is 1. The minimum absolute atomic E-state index is 0.214. The molecule has 1 amide bonds. The maximum atomic E-state index is 12.8. The van der Waals surface area contributed by atoms with Gasteiger partial charge in [-0.2, -0.15) is 5.10 Å². The van der Waals surface area contributed by atoms with Gasteiger partial charge >= 0.3 is 0 Å². The van der Waals surface area contributed by atoms with E-state index >= 15 is 0 Å². The lowest BCUT2D eigenvalue weighted by molar-refractivity contribution is -0.0219. The van der Waals surface area contributed by atoms with Crippen molar-refractivity contribution in [2.24, 2.45) is 0 Å². The van der Waals surface area contributed by atoms with Gasteiger partial charge in [0, 0.05) is 23.4 Å². The topological polar surface area (TPSA) is 114 Å². The first-order chi connectivity index (χ1) is 16.3. The highest BCUT2D eigenvalue weighted by Crippen LogP contribution is 2.31. The first-order valence-electron chi connectivity index (χ1n) is 11.3. The first kappa shape index (κ1) is 24.0. The van der Waals surface area contributed by atoms with Crippen molar-refractivity contribution in [2.75, 3.05) is 12.4 Å². The monoisotopic (exact) mass is 484 g/mol. The van der Waals surface area contributed by atoms with Gasteiger partial charge in [0.05, 0.1) is 35.9 Å². The highest BCUT2D eigenvalue weighted by molar-refractivity contribution is 6.32. The lowest BCUT2D eigenvalue weighted by atomic mass is 9.91. The molecule has 0 spiro atoms. The third-order valence-electron chi connectivity index (χ3n) is 5.89.